The Kier molecular flexibility index (Phi) is 11.5. The number of nitrogens with zero attached hydrogens (tertiary/aromatic N) is 5. The largest absolute Gasteiger partial charge is 0.496 e. The van der Waals surface area contributed by atoms with Gasteiger partial charge in [-0.05, 0) is 92.4 Å². The van der Waals surface area contributed by atoms with Crippen LogP contribution >= 0.6 is 11.6 Å². The fourth-order valence-corrected chi connectivity index (χ4v) is 7.97. The number of hydrogen-bond donors (Lipinski definition) is 1. The van der Waals surface area contributed by atoms with Crippen molar-refractivity contribution < 1.29 is 19.0 Å². The molecule has 3 aromatic heterocycles. The first-order chi connectivity index (χ1) is 26.6. The summed E-state index contributed by atoms with van der Waals surface area (Å²) in [6.07, 6.45) is 11.9. The highest BCUT2D eigenvalue weighted by Gasteiger charge is 2.28. The highest BCUT2D eigenvalue weighted by molar-refractivity contribution is 6.32. The number of fused-ring (bicyclic) bond motifs is 1. The minimum atomic E-state index is -0.626. The third-order valence-electron chi connectivity index (χ3n) is 10.7. The van der Waals surface area contributed by atoms with Crippen molar-refractivity contribution in [3.8, 4) is 28.3 Å². The van der Waals surface area contributed by atoms with Crippen molar-refractivity contribution in [2.75, 3.05) is 46.9 Å². The summed E-state index contributed by atoms with van der Waals surface area (Å²) in [5.41, 5.74) is 2.36. The molecule has 7 rings (SSSR count). The Morgan fingerprint density at radius 3 is 2.27 bits per heavy atom. The Bertz CT molecular complexity index is 2350. The van der Waals surface area contributed by atoms with Crippen LogP contribution in [0, 0.1) is 0 Å². The van der Waals surface area contributed by atoms with Crippen LogP contribution in [0.15, 0.2) is 81.6 Å². The van der Waals surface area contributed by atoms with Gasteiger partial charge in [-0.25, -0.2) is 4.79 Å². The van der Waals surface area contributed by atoms with E-state index in [9.17, 15) is 19.2 Å². The lowest BCUT2D eigenvalue weighted by Crippen LogP contribution is -2.44. The number of aryl methyl sites for hydroxylation is 1. The Labute approximate surface area is 323 Å². The number of rotatable bonds is 11. The van der Waals surface area contributed by atoms with Crippen LogP contribution in [0.5, 0.6) is 11.5 Å². The Morgan fingerprint density at radius 2 is 1.60 bits per heavy atom. The zero-order valence-electron chi connectivity index (χ0n) is 31.3. The topological polar surface area (TPSA) is 141 Å². The molecular formula is C41H45ClN6O7. The highest BCUT2D eigenvalue weighted by atomic mass is 35.5. The molecule has 13 nitrogen and oxygen atoms in total. The monoisotopic (exact) mass is 768 g/mol. The molecule has 2 aromatic carbocycles. The normalized spacial score (nSPS) is 15.7. The average Bonchev–Trinajstić information content (AvgIpc) is 3.20. The molecule has 0 unspecified atom stereocenters. The Hall–Kier alpha value is -5.24. The van der Waals surface area contributed by atoms with Gasteiger partial charge >= 0.3 is 5.69 Å². The summed E-state index contributed by atoms with van der Waals surface area (Å²) in [5, 5.41) is 1.69. The quantitative estimate of drug-likeness (QED) is 0.200. The van der Waals surface area contributed by atoms with Gasteiger partial charge in [0.2, 0.25) is 0 Å². The number of aromatic nitrogens is 4. The molecular weight excluding hydrogens is 724 g/mol. The molecule has 0 spiro atoms. The van der Waals surface area contributed by atoms with E-state index in [4.69, 9.17) is 25.8 Å². The minimum absolute atomic E-state index is 0.0924. The Morgan fingerprint density at radius 1 is 0.909 bits per heavy atom. The smallest absolute Gasteiger partial charge is 0.332 e. The molecule has 1 amide bonds. The minimum Gasteiger partial charge on any atom is -0.496 e. The van der Waals surface area contributed by atoms with Gasteiger partial charge in [-0.1, -0.05) is 11.6 Å². The second-order valence-corrected chi connectivity index (χ2v) is 14.6. The van der Waals surface area contributed by atoms with Crippen LogP contribution in [0.25, 0.3) is 27.6 Å². The molecule has 2 aliphatic heterocycles. The third-order valence-corrected chi connectivity index (χ3v) is 11.0. The van der Waals surface area contributed by atoms with Crippen LogP contribution in [0.4, 0.5) is 0 Å². The number of aromatic amines is 1. The number of H-pyrrole nitrogens is 1. The maximum atomic E-state index is 13.4. The highest BCUT2D eigenvalue weighted by Crippen LogP contribution is 2.38. The fraction of sp³-hybridized carbons (Fsp3) is 0.390. The maximum Gasteiger partial charge on any atom is 0.332 e. The van der Waals surface area contributed by atoms with Gasteiger partial charge < -0.3 is 28.6 Å². The summed E-state index contributed by atoms with van der Waals surface area (Å²) in [7, 11) is 5.10. The average molecular weight is 769 g/mol. The summed E-state index contributed by atoms with van der Waals surface area (Å²) >= 11 is 6.36. The van der Waals surface area contributed by atoms with Crippen LogP contribution in [-0.4, -0.2) is 94.0 Å². The van der Waals surface area contributed by atoms with Gasteiger partial charge in [0, 0.05) is 80.8 Å². The number of ether oxygens (including phenoxy) is 3. The molecule has 0 radical (unpaired) electrons. The molecule has 55 heavy (non-hydrogen) atoms. The van der Waals surface area contributed by atoms with Gasteiger partial charge in [0.25, 0.3) is 17.0 Å². The number of methoxy groups -OCH3 is 2. The molecule has 14 heteroatoms. The number of halogens is 1. The van der Waals surface area contributed by atoms with Crippen molar-refractivity contribution in [3.63, 3.8) is 0 Å². The standard InChI is InChI=1S/C41H45ClN6O7/c1-45-25-33(30-8-14-43-24-32(30)40(45)51)27-22-36(53-2)31(37(23-27)54-3)5-4-15-46-16-9-28(10-17-46)55-29-11-18-47(19-12-29)39(50)26-6-7-34(42)35(21-26)48-20-13-38(49)44-41(48)52/h6-8,13-14,20-25,28-29H,4-5,9-12,15-19H2,1-3H3,(H,44,49,52). The molecule has 0 bridgehead atoms. The van der Waals surface area contributed by atoms with E-state index in [0.29, 0.717) is 34.7 Å². The number of piperidine rings is 2. The summed E-state index contributed by atoms with van der Waals surface area (Å²) < 4.78 is 21.1. The first kappa shape index (κ1) is 38.1. The molecule has 2 fully saturated rings. The SMILES string of the molecule is COc1cc(-c2cn(C)c(=O)c3cnccc23)cc(OC)c1CCCN1CCC(OC2CCN(C(=O)c3ccc(Cl)c(-n4ccc(=O)[nH]c4=O)c3)CC2)CC1. The first-order valence-electron chi connectivity index (χ1n) is 18.6. The molecule has 288 valence electrons. The third kappa shape index (κ3) is 8.24. The summed E-state index contributed by atoms with van der Waals surface area (Å²) in [4.78, 5) is 60.7. The summed E-state index contributed by atoms with van der Waals surface area (Å²) in [6.45, 7) is 4.02. The number of carbonyl (C=O) groups excluding carboxylic acids is 1. The van der Waals surface area contributed by atoms with Gasteiger partial charge in [0.05, 0.1) is 42.5 Å². The second-order valence-electron chi connectivity index (χ2n) is 14.2. The molecule has 2 saturated heterocycles. The lowest BCUT2D eigenvalue weighted by atomic mass is 9.97. The summed E-state index contributed by atoms with van der Waals surface area (Å²) in [6, 6.07) is 12.0. The van der Waals surface area contributed by atoms with E-state index in [-0.39, 0.29) is 23.7 Å². The van der Waals surface area contributed by atoms with Crippen molar-refractivity contribution >= 4 is 28.3 Å². The maximum absolute atomic E-state index is 13.4. The van der Waals surface area contributed by atoms with Crippen LogP contribution in [-0.2, 0) is 18.2 Å². The number of carbonyl (C=O) groups is 1. The molecule has 0 saturated carbocycles. The zero-order chi connectivity index (χ0) is 38.6. The molecule has 0 atom stereocenters. The fourth-order valence-electron chi connectivity index (χ4n) is 7.76. The molecule has 2 aliphatic rings. The van der Waals surface area contributed by atoms with E-state index in [2.05, 4.69) is 14.9 Å². The molecule has 0 aliphatic carbocycles. The van der Waals surface area contributed by atoms with Crippen molar-refractivity contribution in [1.82, 2.24) is 28.9 Å². The van der Waals surface area contributed by atoms with Crippen molar-refractivity contribution in [3.05, 3.63) is 115 Å². The van der Waals surface area contributed by atoms with Gasteiger partial charge in [0.1, 0.15) is 11.5 Å². The number of hydrogen-bond acceptors (Lipinski definition) is 9. The van der Waals surface area contributed by atoms with E-state index in [1.54, 1.807) is 56.4 Å². The Balaban J connectivity index is 0.893. The van der Waals surface area contributed by atoms with Crippen LogP contribution in [0.3, 0.4) is 0 Å². The van der Waals surface area contributed by atoms with Crippen LogP contribution < -0.4 is 26.3 Å². The first-order valence-corrected chi connectivity index (χ1v) is 19.0. The number of likely N-dealkylation sites (tertiary alicyclic amines) is 2. The lowest BCUT2D eigenvalue weighted by Gasteiger charge is -2.37. The van der Waals surface area contributed by atoms with Gasteiger partial charge in [-0.2, -0.15) is 0 Å². The summed E-state index contributed by atoms with van der Waals surface area (Å²) in [5.74, 6) is 1.38. The van der Waals surface area contributed by atoms with E-state index >= 15 is 0 Å². The number of pyridine rings is 2. The lowest BCUT2D eigenvalue weighted by molar-refractivity contribution is -0.0621. The van der Waals surface area contributed by atoms with Crippen LogP contribution in [0.2, 0.25) is 5.02 Å². The number of amides is 1. The van der Waals surface area contributed by atoms with Gasteiger partial charge in [-0.15, -0.1) is 0 Å². The van der Waals surface area contributed by atoms with Gasteiger partial charge in [-0.3, -0.25) is 28.9 Å². The van der Waals surface area contributed by atoms with Crippen LogP contribution in [0.1, 0.15) is 48.0 Å². The second kappa shape index (κ2) is 16.6. The van der Waals surface area contributed by atoms with E-state index in [1.165, 1.54) is 16.8 Å². The van der Waals surface area contributed by atoms with E-state index < -0.39 is 11.2 Å². The predicted octanol–water partition coefficient (Wildman–Crippen LogP) is 4.83. The predicted molar refractivity (Wildman–Crippen MR) is 211 cm³/mol. The van der Waals surface area contributed by atoms with Crippen molar-refractivity contribution in [1.29, 1.82) is 0 Å². The number of benzene rings is 2. The van der Waals surface area contributed by atoms with E-state index in [1.807, 2.05) is 29.3 Å². The molecule has 5 heterocycles. The van der Waals surface area contributed by atoms with Crippen molar-refractivity contribution in [2.45, 2.75) is 50.7 Å². The van der Waals surface area contributed by atoms with E-state index in [0.717, 1.165) is 91.7 Å². The molecule has 5 aromatic rings. The number of nitrogens with one attached hydrogen (secondary N) is 1. The zero-order valence-corrected chi connectivity index (χ0v) is 32.0. The molecule has 1 N–H and O–H groups in total. The van der Waals surface area contributed by atoms with Gasteiger partial charge in [0.15, 0.2) is 0 Å². The van der Waals surface area contributed by atoms with Crippen molar-refractivity contribution in [2.24, 2.45) is 7.05 Å².